The number of ether oxygens (including phenoxy) is 2. The summed E-state index contributed by atoms with van der Waals surface area (Å²) in [6, 6.07) is 0. The van der Waals surface area contributed by atoms with Gasteiger partial charge >= 0.3 is 14.6 Å². The number of imidazole rings is 2. The van der Waals surface area contributed by atoms with Crippen molar-refractivity contribution >= 4 is 61.0 Å². The lowest BCUT2D eigenvalue weighted by molar-refractivity contribution is -0.0619. The zero-order valence-electron chi connectivity index (χ0n) is 22.3. The highest BCUT2D eigenvalue weighted by molar-refractivity contribution is 8.44. The molecule has 3 aliphatic rings. The average Bonchev–Trinajstić information content (AvgIpc) is 3.72. The van der Waals surface area contributed by atoms with Crippen molar-refractivity contribution < 1.29 is 51.1 Å². The van der Waals surface area contributed by atoms with Crippen LogP contribution < -0.4 is 17.0 Å². The smallest absolute Gasteiger partial charge is 0.387 e. The number of aliphatic hydroxyl groups excluding tert-OH is 1. The Morgan fingerprint density at radius 3 is 2.42 bits per heavy atom. The van der Waals surface area contributed by atoms with E-state index in [1.54, 1.807) is 0 Å². The number of phosphoric ester groups is 1. The predicted octanol–water partition coefficient (Wildman–Crippen LogP) is -0.427. The second kappa shape index (κ2) is 11.0. The number of nitrogens with zero attached hydrogens (tertiary/aromatic N) is 7. The Kier molecular flexibility index (Phi) is 7.49. The van der Waals surface area contributed by atoms with E-state index in [-0.39, 0.29) is 34.1 Å². The molecule has 7 rings (SSSR count). The fraction of sp³-hybridized carbons (Fsp3) is 0.500. The first-order valence-corrected chi connectivity index (χ1v) is 17.1. The van der Waals surface area contributed by atoms with E-state index >= 15 is 4.39 Å². The van der Waals surface area contributed by atoms with Gasteiger partial charge in [-0.1, -0.05) is 12.2 Å². The van der Waals surface area contributed by atoms with Crippen molar-refractivity contribution in [3.63, 3.8) is 0 Å². The number of rotatable bonds is 2. The predicted molar refractivity (Wildman–Crippen MR) is 149 cm³/mol. The van der Waals surface area contributed by atoms with E-state index < -0.39 is 82.5 Å². The van der Waals surface area contributed by atoms with Crippen LogP contribution in [0.25, 0.3) is 22.3 Å². The van der Waals surface area contributed by atoms with Crippen LogP contribution in [0.3, 0.4) is 0 Å². The molecule has 25 heteroatoms. The van der Waals surface area contributed by atoms with Gasteiger partial charge in [-0.2, -0.15) is 4.98 Å². The van der Waals surface area contributed by atoms with Crippen LogP contribution in [0.15, 0.2) is 23.8 Å². The highest BCUT2D eigenvalue weighted by Crippen LogP contribution is 2.58. The minimum absolute atomic E-state index is 0.0165. The monoisotopic (exact) mass is 692 g/mol. The molecule has 4 aromatic rings. The van der Waals surface area contributed by atoms with Gasteiger partial charge in [0.05, 0.1) is 25.9 Å². The van der Waals surface area contributed by atoms with Crippen molar-refractivity contribution in [3.05, 3.63) is 29.3 Å². The largest absolute Gasteiger partial charge is 0.472 e. The van der Waals surface area contributed by atoms with Gasteiger partial charge < -0.3 is 30.9 Å². The van der Waals surface area contributed by atoms with E-state index in [1.165, 1.54) is 15.5 Å². The molecule has 3 saturated heterocycles. The number of nitrogen functional groups attached to an aromatic ring is 2. The fourth-order valence-electron chi connectivity index (χ4n) is 5.26. The van der Waals surface area contributed by atoms with Crippen LogP contribution in [0.1, 0.15) is 12.5 Å². The zero-order chi connectivity index (χ0) is 31.8. The third kappa shape index (κ3) is 5.42. The molecular weight excluding hydrogens is 669 g/mol. The first kappa shape index (κ1) is 30.6. The number of hydrogen-bond acceptors (Lipinski definition) is 17. The lowest BCUT2D eigenvalue weighted by Gasteiger charge is -2.26. The van der Waals surface area contributed by atoms with Crippen molar-refractivity contribution in [1.82, 2.24) is 39.0 Å². The molecule has 2 unspecified atom stereocenters. The van der Waals surface area contributed by atoms with Gasteiger partial charge in [-0.05, 0) is 0 Å². The highest BCUT2D eigenvalue weighted by Gasteiger charge is 2.54. The molecule has 0 radical (unpaired) electrons. The topological polar surface area (TPSA) is 289 Å². The van der Waals surface area contributed by atoms with E-state index in [0.29, 0.717) is 0 Å². The Hall–Kier alpha value is -3.08. The second-order valence-electron chi connectivity index (χ2n) is 10.1. The van der Waals surface area contributed by atoms with Crippen molar-refractivity contribution in [2.24, 2.45) is 0 Å². The highest BCUT2D eigenvalue weighted by atomic mass is 32.7. The lowest BCUT2D eigenvalue weighted by Crippen LogP contribution is -2.35. The Morgan fingerprint density at radius 1 is 0.956 bits per heavy atom. The molecule has 21 nitrogen and oxygen atoms in total. The lowest BCUT2D eigenvalue weighted by atomic mass is 10.1. The van der Waals surface area contributed by atoms with E-state index in [4.69, 9.17) is 39.0 Å². The van der Waals surface area contributed by atoms with Crippen LogP contribution in [-0.4, -0.2) is 98.9 Å². The number of hydrogen-bond donors (Lipinski definition) is 6. The molecule has 0 spiro atoms. The maximum Gasteiger partial charge on any atom is 0.472 e. The van der Waals surface area contributed by atoms with Crippen molar-refractivity contribution in [1.29, 1.82) is 0 Å². The normalized spacial score (nSPS) is 37.7. The fourth-order valence-corrected chi connectivity index (χ4v) is 7.68. The van der Waals surface area contributed by atoms with Crippen molar-refractivity contribution in [2.45, 2.75) is 49.1 Å². The summed E-state index contributed by atoms with van der Waals surface area (Å²) >= 11 is 4.01. The molecule has 0 saturated carbocycles. The Morgan fingerprint density at radius 2 is 1.64 bits per heavy atom. The third-order valence-corrected chi connectivity index (χ3v) is 9.88. The quantitative estimate of drug-likeness (QED) is 0.115. The summed E-state index contributed by atoms with van der Waals surface area (Å²) in [5, 5.41) is 11.1. The van der Waals surface area contributed by atoms with E-state index in [2.05, 4.69) is 42.2 Å². The molecule has 7 N–H and O–H groups in total. The molecule has 242 valence electrons. The number of aromatic amines is 1. The summed E-state index contributed by atoms with van der Waals surface area (Å²) in [7, 11) is -5.10. The van der Waals surface area contributed by atoms with E-state index in [9.17, 15) is 23.9 Å². The minimum atomic E-state index is -5.10. The van der Waals surface area contributed by atoms with Crippen molar-refractivity contribution in [3.8, 4) is 0 Å². The number of aromatic nitrogens is 8. The zero-order valence-corrected chi connectivity index (χ0v) is 25.0. The molecular formula is C20H23FN10O11P2S. The average molecular weight is 692 g/mol. The van der Waals surface area contributed by atoms with Gasteiger partial charge in [-0.25, -0.2) is 33.5 Å². The molecule has 4 aromatic heterocycles. The van der Waals surface area contributed by atoms with Crippen LogP contribution in [0.5, 0.6) is 0 Å². The van der Waals surface area contributed by atoms with Crippen LogP contribution in [0.4, 0.5) is 16.2 Å². The maximum atomic E-state index is 15.9. The van der Waals surface area contributed by atoms with Gasteiger partial charge in [-0.15, -0.1) is 0 Å². The summed E-state index contributed by atoms with van der Waals surface area (Å²) < 4.78 is 77.6. The first-order valence-electron chi connectivity index (χ1n) is 12.9. The minimum Gasteiger partial charge on any atom is -0.387 e. The van der Waals surface area contributed by atoms with Gasteiger partial charge in [-0.3, -0.25) is 37.0 Å². The Bertz CT molecular complexity index is 1950. The molecule has 7 heterocycles. The van der Waals surface area contributed by atoms with Crippen molar-refractivity contribution in [2.75, 3.05) is 24.7 Å². The number of halogens is 1. The van der Waals surface area contributed by atoms with E-state index in [0.717, 1.165) is 12.7 Å². The second-order valence-corrected chi connectivity index (χ2v) is 14.4. The molecule has 3 aliphatic heterocycles. The molecule has 0 aromatic carbocycles. The Labute approximate surface area is 254 Å². The van der Waals surface area contributed by atoms with Gasteiger partial charge in [0.15, 0.2) is 41.3 Å². The summed E-state index contributed by atoms with van der Waals surface area (Å²) in [6.07, 6.45) is -9.63. The number of nitrogens with two attached hydrogens (primary N) is 2. The number of anilines is 2. The van der Waals surface area contributed by atoms with Crippen LogP contribution in [0.2, 0.25) is 0 Å². The number of fused-ring (bicyclic) bond motifs is 5. The Balaban J connectivity index is 1.21. The molecule has 2 bridgehead atoms. The molecule has 0 aliphatic carbocycles. The van der Waals surface area contributed by atoms with Crippen LogP contribution >= 0.6 is 26.9 Å². The number of phosphoric acid groups is 1. The van der Waals surface area contributed by atoms with Gasteiger partial charge in [0.25, 0.3) is 5.56 Å². The number of nitrogens with one attached hydrogen (secondary N) is 1. The molecule has 0 amide bonds. The van der Waals surface area contributed by atoms with Crippen LogP contribution in [-0.2, 0) is 36.7 Å². The maximum absolute atomic E-state index is 15.9. The summed E-state index contributed by atoms with van der Waals surface area (Å²) in [4.78, 5) is 45.1. The molecule has 10 atom stereocenters. The SMILES string of the molecule is Nc1nc2c(ncn2[C@@H]2O[C@@H]3COP(=O)(O)O[C@H]4[C@@H](F)[C@H](n5cnc6c(N)ncnc65)O[C@@H]4COP(=O)(S)O[C@@H]2[C@@H]3O)c(=O)[nH]1. The summed E-state index contributed by atoms with van der Waals surface area (Å²) in [5.74, 6) is -0.244. The van der Waals surface area contributed by atoms with Gasteiger partial charge in [0.1, 0.15) is 42.4 Å². The number of H-pyrrole nitrogens is 1. The van der Waals surface area contributed by atoms with E-state index in [1.807, 2.05) is 0 Å². The number of thiol groups is 1. The third-order valence-electron chi connectivity index (χ3n) is 7.28. The number of aliphatic hydroxyl groups is 1. The number of alkyl halides is 1. The molecule has 45 heavy (non-hydrogen) atoms. The first-order chi connectivity index (χ1) is 21.3. The summed E-state index contributed by atoms with van der Waals surface area (Å²) in [5.41, 5.74) is 10.8. The van der Waals surface area contributed by atoms with Gasteiger partial charge in [0, 0.05) is 0 Å². The standard InChI is InChI=1S/C20H23FN10O11P2S/c21-8-12-7(40-18(8)30-4-26-9-14(22)24-3-25-15(9)30)2-38-44(36,45)42-13-11(32)6(1-37-43(34,35)41-12)39-19(13)31-5-27-10-16(31)28-20(23)29-17(10)33/h3-8,11-13,18-19,32H,1-2H2,(H,34,35)(H,36,45)(H2,22,24,25)(H3,23,28,29,33)/t6-,7-,8-,11-,12-,13-,18-,19-,44?/m1/s1. The molecule has 3 fully saturated rings. The van der Waals surface area contributed by atoms with Gasteiger partial charge in [0.2, 0.25) is 5.95 Å². The van der Waals surface area contributed by atoms with Crippen LogP contribution in [0, 0.1) is 0 Å². The summed E-state index contributed by atoms with van der Waals surface area (Å²) in [6.45, 7) is -6.00.